The highest BCUT2D eigenvalue weighted by Crippen LogP contribution is 2.35. The van der Waals surface area contributed by atoms with E-state index in [4.69, 9.17) is 9.47 Å². The second-order valence-electron chi connectivity index (χ2n) is 8.15. The van der Waals surface area contributed by atoms with Gasteiger partial charge in [-0.1, -0.05) is 0 Å². The van der Waals surface area contributed by atoms with Crippen LogP contribution in [0.15, 0.2) is 35.7 Å². The fourth-order valence-electron chi connectivity index (χ4n) is 4.11. The Morgan fingerprint density at radius 3 is 2.67 bits per heavy atom. The summed E-state index contributed by atoms with van der Waals surface area (Å²) in [4.78, 5) is 18.7. The summed E-state index contributed by atoms with van der Waals surface area (Å²) in [6.45, 7) is 3.80. The third-order valence-electron chi connectivity index (χ3n) is 5.78. The lowest BCUT2D eigenvalue weighted by Crippen LogP contribution is -2.48. The van der Waals surface area contributed by atoms with Crippen molar-refractivity contribution in [3.63, 3.8) is 0 Å². The molecule has 0 bridgehead atoms. The van der Waals surface area contributed by atoms with Gasteiger partial charge in [-0.3, -0.25) is 9.69 Å². The second-order valence-corrected chi connectivity index (χ2v) is 9.15. The molecule has 1 amide bonds. The van der Waals surface area contributed by atoms with Gasteiger partial charge in [0.15, 0.2) is 0 Å². The molecular formula is C23H30N2O4S. The lowest BCUT2D eigenvalue weighted by atomic mass is 10.0. The summed E-state index contributed by atoms with van der Waals surface area (Å²) in [5.74, 6) is 1.66. The summed E-state index contributed by atoms with van der Waals surface area (Å²) in [6.07, 6.45) is 2.67. The van der Waals surface area contributed by atoms with Crippen molar-refractivity contribution in [2.45, 2.75) is 44.4 Å². The van der Waals surface area contributed by atoms with E-state index in [1.54, 1.807) is 25.4 Å². The van der Waals surface area contributed by atoms with Crippen molar-refractivity contribution >= 4 is 17.2 Å². The number of carbonyl (C=O) groups is 1. The van der Waals surface area contributed by atoms with Crippen LogP contribution in [0.25, 0.3) is 0 Å². The molecule has 4 rings (SSSR count). The summed E-state index contributed by atoms with van der Waals surface area (Å²) in [7, 11) is 1.64. The number of rotatable bonds is 9. The van der Waals surface area contributed by atoms with Gasteiger partial charge in [-0.05, 0) is 67.5 Å². The topological polar surface area (TPSA) is 62.2 Å². The molecule has 2 aromatic rings. The fraction of sp³-hybridized carbons (Fsp3) is 0.522. The molecule has 2 aliphatic rings. The van der Waals surface area contributed by atoms with Gasteiger partial charge in [-0.25, -0.2) is 0 Å². The summed E-state index contributed by atoms with van der Waals surface area (Å²) in [5, 5.41) is 11.9. The van der Waals surface area contributed by atoms with Crippen molar-refractivity contribution in [3.05, 3.63) is 46.2 Å². The first-order valence-corrected chi connectivity index (χ1v) is 11.5. The van der Waals surface area contributed by atoms with Crippen molar-refractivity contribution in [2.24, 2.45) is 0 Å². The normalized spacial score (nSPS) is 19.5. The first-order valence-electron chi connectivity index (χ1n) is 10.6. The number of methoxy groups -OCH3 is 1. The van der Waals surface area contributed by atoms with Gasteiger partial charge in [0.2, 0.25) is 5.91 Å². The van der Waals surface area contributed by atoms with E-state index in [1.807, 2.05) is 29.2 Å². The van der Waals surface area contributed by atoms with Crippen LogP contribution in [0.2, 0.25) is 0 Å². The average molecular weight is 431 g/mol. The van der Waals surface area contributed by atoms with Gasteiger partial charge < -0.3 is 19.5 Å². The zero-order chi connectivity index (χ0) is 21.1. The molecule has 2 heterocycles. The van der Waals surface area contributed by atoms with Gasteiger partial charge >= 0.3 is 0 Å². The number of carbonyl (C=O) groups excluding carboxylic acids is 1. The summed E-state index contributed by atoms with van der Waals surface area (Å²) in [5.41, 5.74) is 1.20. The van der Waals surface area contributed by atoms with Crippen LogP contribution in [0, 0.1) is 0 Å². The first kappa shape index (κ1) is 21.2. The Morgan fingerprint density at radius 1 is 1.27 bits per heavy atom. The molecular weight excluding hydrogens is 400 g/mol. The van der Waals surface area contributed by atoms with Gasteiger partial charge in [-0.2, -0.15) is 0 Å². The van der Waals surface area contributed by atoms with E-state index in [2.05, 4.69) is 16.3 Å². The molecule has 1 N–H and O–H groups in total. The maximum absolute atomic E-state index is 13.3. The molecule has 0 radical (unpaired) electrons. The average Bonchev–Trinajstić information content (AvgIpc) is 3.48. The van der Waals surface area contributed by atoms with E-state index in [9.17, 15) is 9.90 Å². The Morgan fingerprint density at radius 2 is 2.00 bits per heavy atom. The Balaban J connectivity index is 1.47. The molecule has 30 heavy (non-hydrogen) atoms. The van der Waals surface area contributed by atoms with Crippen molar-refractivity contribution in [3.8, 4) is 11.5 Å². The van der Waals surface area contributed by atoms with Gasteiger partial charge in [0.1, 0.15) is 18.1 Å². The largest absolute Gasteiger partial charge is 0.497 e. The van der Waals surface area contributed by atoms with Gasteiger partial charge in [-0.15, -0.1) is 11.3 Å². The van der Waals surface area contributed by atoms with Crippen molar-refractivity contribution < 1.29 is 19.4 Å². The minimum absolute atomic E-state index is 0.0952. The number of benzene rings is 1. The minimum Gasteiger partial charge on any atom is -0.497 e. The standard InChI is InChI=1S/C23H30N2O4S/c1-16(26)13-24(17-3-4-17)14-23(27)25-11-9-22-20(10-12-30-22)21(25)15-29-19-7-5-18(28-2)6-8-19/h5-8,10,12,16-17,21,26H,3-4,9,11,13-15H2,1-2H3. The molecule has 0 spiro atoms. The number of thiophene rings is 1. The molecule has 1 aliphatic carbocycles. The van der Waals surface area contributed by atoms with E-state index in [0.717, 1.165) is 30.8 Å². The molecule has 1 aromatic carbocycles. The van der Waals surface area contributed by atoms with Crippen LogP contribution in [-0.4, -0.2) is 66.3 Å². The first-order chi connectivity index (χ1) is 14.5. The van der Waals surface area contributed by atoms with Gasteiger partial charge in [0, 0.05) is 24.0 Å². The van der Waals surface area contributed by atoms with E-state index in [0.29, 0.717) is 32.3 Å². The van der Waals surface area contributed by atoms with Crippen LogP contribution < -0.4 is 9.47 Å². The predicted molar refractivity (Wildman–Crippen MR) is 117 cm³/mol. The number of hydrogen-bond acceptors (Lipinski definition) is 6. The Bertz CT molecular complexity index is 847. The van der Waals surface area contributed by atoms with Crippen molar-refractivity contribution in [2.75, 3.05) is 33.4 Å². The Hall–Kier alpha value is -2.09. The molecule has 1 fully saturated rings. The van der Waals surface area contributed by atoms with E-state index in [1.165, 1.54) is 10.4 Å². The monoisotopic (exact) mass is 430 g/mol. The zero-order valence-corrected chi connectivity index (χ0v) is 18.4. The predicted octanol–water partition coefficient (Wildman–Crippen LogP) is 3.11. The lowest BCUT2D eigenvalue weighted by molar-refractivity contribution is -0.136. The van der Waals surface area contributed by atoms with Crippen LogP contribution in [0.3, 0.4) is 0 Å². The molecule has 2 atom stereocenters. The van der Waals surface area contributed by atoms with Crippen molar-refractivity contribution in [1.82, 2.24) is 9.80 Å². The van der Waals surface area contributed by atoms with E-state index in [-0.39, 0.29) is 11.9 Å². The molecule has 6 nitrogen and oxygen atoms in total. The quantitative estimate of drug-likeness (QED) is 0.662. The van der Waals surface area contributed by atoms with Crippen LogP contribution in [0.1, 0.15) is 36.2 Å². The number of ether oxygens (including phenoxy) is 2. The van der Waals surface area contributed by atoms with Crippen LogP contribution in [0.4, 0.5) is 0 Å². The fourth-order valence-corrected chi connectivity index (χ4v) is 5.04. The van der Waals surface area contributed by atoms with Gasteiger partial charge in [0.25, 0.3) is 0 Å². The molecule has 0 saturated heterocycles. The number of nitrogens with zero attached hydrogens (tertiary/aromatic N) is 2. The minimum atomic E-state index is -0.433. The van der Waals surface area contributed by atoms with Crippen LogP contribution >= 0.6 is 11.3 Å². The van der Waals surface area contributed by atoms with E-state index < -0.39 is 6.10 Å². The van der Waals surface area contributed by atoms with Crippen LogP contribution in [-0.2, 0) is 11.2 Å². The lowest BCUT2D eigenvalue weighted by Gasteiger charge is -2.37. The molecule has 1 aliphatic heterocycles. The Kier molecular flexibility index (Phi) is 6.61. The highest BCUT2D eigenvalue weighted by molar-refractivity contribution is 7.10. The highest BCUT2D eigenvalue weighted by Gasteiger charge is 2.36. The molecule has 162 valence electrons. The van der Waals surface area contributed by atoms with E-state index >= 15 is 0 Å². The zero-order valence-electron chi connectivity index (χ0n) is 17.6. The number of fused-ring (bicyclic) bond motifs is 1. The third kappa shape index (κ3) is 4.96. The number of amides is 1. The third-order valence-corrected chi connectivity index (χ3v) is 6.78. The number of aliphatic hydroxyl groups is 1. The molecule has 1 saturated carbocycles. The molecule has 1 aromatic heterocycles. The smallest absolute Gasteiger partial charge is 0.237 e. The summed E-state index contributed by atoms with van der Waals surface area (Å²) in [6, 6.07) is 9.98. The Labute approximate surface area is 182 Å². The SMILES string of the molecule is COc1ccc(OCC2c3ccsc3CCN2C(=O)CN(CC(C)O)C2CC2)cc1. The molecule has 7 heteroatoms. The highest BCUT2D eigenvalue weighted by atomic mass is 32.1. The van der Waals surface area contributed by atoms with Gasteiger partial charge in [0.05, 0.1) is 25.8 Å². The summed E-state index contributed by atoms with van der Waals surface area (Å²) >= 11 is 1.75. The maximum Gasteiger partial charge on any atom is 0.237 e. The van der Waals surface area contributed by atoms with Crippen LogP contribution in [0.5, 0.6) is 11.5 Å². The van der Waals surface area contributed by atoms with Crippen molar-refractivity contribution in [1.29, 1.82) is 0 Å². The number of aliphatic hydroxyl groups excluding tert-OH is 1. The molecule has 2 unspecified atom stereocenters. The second kappa shape index (κ2) is 9.37. The number of hydrogen-bond donors (Lipinski definition) is 1. The summed E-state index contributed by atoms with van der Waals surface area (Å²) < 4.78 is 11.3. The maximum atomic E-state index is 13.3.